The zero-order chi connectivity index (χ0) is 14.5. The molecule has 1 aromatic heterocycles. The second kappa shape index (κ2) is 6.92. The van der Waals surface area contributed by atoms with Crippen molar-refractivity contribution in [2.75, 3.05) is 5.75 Å². The number of hydrogen-bond acceptors (Lipinski definition) is 4. The largest absolute Gasteiger partial charge is 0.352 e. The van der Waals surface area contributed by atoms with E-state index in [-0.39, 0.29) is 23.3 Å². The molecule has 2 rings (SSSR count). The summed E-state index contributed by atoms with van der Waals surface area (Å²) in [4.78, 5) is 29.7. The molecule has 1 aliphatic carbocycles. The Bertz CT molecular complexity index is 517. The highest BCUT2D eigenvalue weighted by Crippen LogP contribution is 2.29. The van der Waals surface area contributed by atoms with Crippen LogP contribution in [0.3, 0.4) is 0 Å². The highest BCUT2D eigenvalue weighted by Gasteiger charge is 2.27. The van der Waals surface area contributed by atoms with Crippen LogP contribution in [0.2, 0.25) is 0 Å². The van der Waals surface area contributed by atoms with E-state index in [4.69, 9.17) is 0 Å². The van der Waals surface area contributed by atoms with E-state index < -0.39 is 0 Å². The van der Waals surface area contributed by atoms with E-state index in [2.05, 4.69) is 29.1 Å². The molecule has 1 aliphatic rings. The number of aromatic nitrogens is 2. The summed E-state index contributed by atoms with van der Waals surface area (Å²) in [6, 6.07) is 1.63. The summed E-state index contributed by atoms with van der Waals surface area (Å²) in [6.45, 7) is 4.45. The van der Waals surface area contributed by atoms with Gasteiger partial charge in [0.15, 0.2) is 5.16 Å². The molecule has 20 heavy (non-hydrogen) atoms. The summed E-state index contributed by atoms with van der Waals surface area (Å²) in [5.74, 6) is 1.47. The van der Waals surface area contributed by atoms with Gasteiger partial charge >= 0.3 is 0 Å². The maximum Gasteiger partial charge on any atom is 0.251 e. The van der Waals surface area contributed by atoms with Gasteiger partial charge in [-0.3, -0.25) is 9.59 Å². The Labute approximate surface area is 123 Å². The first-order valence-corrected chi connectivity index (χ1v) is 8.02. The molecule has 2 N–H and O–H groups in total. The van der Waals surface area contributed by atoms with Gasteiger partial charge in [0.25, 0.3) is 5.56 Å². The van der Waals surface area contributed by atoms with E-state index in [9.17, 15) is 9.59 Å². The van der Waals surface area contributed by atoms with Crippen molar-refractivity contribution in [3.05, 3.63) is 22.6 Å². The van der Waals surface area contributed by atoms with Gasteiger partial charge in [-0.05, 0) is 18.3 Å². The van der Waals surface area contributed by atoms with Crippen molar-refractivity contribution in [1.29, 1.82) is 0 Å². The standard InChI is InChI=1S/C14H21N3O2S/c1-9-4-3-5-11(10(9)2)16-13(19)8-20-14-15-7-6-12(18)17-14/h6-7,9-11H,3-5,8H2,1-2H3,(H,16,19)(H,15,17,18)/t9-,10-,11-/m1/s1. The lowest BCUT2D eigenvalue weighted by atomic mass is 9.78. The van der Waals surface area contributed by atoms with E-state index in [1.54, 1.807) is 0 Å². The third-order valence-corrected chi connectivity index (χ3v) is 4.93. The van der Waals surface area contributed by atoms with Crippen LogP contribution in [0.15, 0.2) is 22.2 Å². The van der Waals surface area contributed by atoms with E-state index in [0.29, 0.717) is 17.0 Å². The van der Waals surface area contributed by atoms with Crippen molar-refractivity contribution in [3.8, 4) is 0 Å². The quantitative estimate of drug-likeness (QED) is 0.656. The Hall–Kier alpha value is -1.30. The highest BCUT2D eigenvalue weighted by atomic mass is 32.2. The van der Waals surface area contributed by atoms with Crippen molar-refractivity contribution < 1.29 is 4.79 Å². The SMILES string of the molecule is C[C@@H]1[C@H](C)CCC[C@H]1NC(=O)CSc1nccc(=O)[nH]1. The van der Waals surface area contributed by atoms with E-state index in [1.165, 1.54) is 36.9 Å². The number of hydrogen-bond donors (Lipinski definition) is 2. The zero-order valence-corrected chi connectivity index (χ0v) is 12.7. The number of thioether (sulfide) groups is 1. The molecule has 110 valence electrons. The first-order valence-electron chi connectivity index (χ1n) is 7.03. The predicted octanol–water partition coefficient (Wildman–Crippen LogP) is 1.80. The van der Waals surface area contributed by atoms with Crippen LogP contribution in [-0.2, 0) is 4.79 Å². The van der Waals surface area contributed by atoms with Gasteiger partial charge in [0.1, 0.15) is 0 Å². The number of nitrogens with one attached hydrogen (secondary N) is 2. The summed E-state index contributed by atoms with van der Waals surface area (Å²) in [5, 5.41) is 3.59. The summed E-state index contributed by atoms with van der Waals surface area (Å²) in [5.41, 5.74) is -0.197. The lowest BCUT2D eigenvalue weighted by Crippen LogP contribution is -2.44. The fourth-order valence-electron chi connectivity index (χ4n) is 2.59. The van der Waals surface area contributed by atoms with Gasteiger partial charge in [-0.2, -0.15) is 0 Å². The van der Waals surface area contributed by atoms with Crippen LogP contribution in [0.1, 0.15) is 33.1 Å². The van der Waals surface area contributed by atoms with Crippen molar-refractivity contribution in [3.63, 3.8) is 0 Å². The second-order valence-electron chi connectivity index (χ2n) is 5.47. The normalized spacial score (nSPS) is 26.2. The van der Waals surface area contributed by atoms with Crippen LogP contribution >= 0.6 is 11.8 Å². The fourth-order valence-corrected chi connectivity index (χ4v) is 3.25. The Balaban J connectivity index is 1.82. The van der Waals surface area contributed by atoms with Gasteiger partial charge in [-0.25, -0.2) is 4.98 Å². The maximum absolute atomic E-state index is 12.0. The molecule has 1 saturated carbocycles. The third kappa shape index (κ3) is 4.10. The molecular weight excluding hydrogens is 274 g/mol. The molecule has 0 spiro atoms. The number of carbonyl (C=O) groups is 1. The summed E-state index contributed by atoms with van der Waals surface area (Å²) >= 11 is 1.25. The Morgan fingerprint density at radius 2 is 2.30 bits per heavy atom. The van der Waals surface area contributed by atoms with Gasteiger partial charge < -0.3 is 10.3 Å². The van der Waals surface area contributed by atoms with Crippen LogP contribution in [-0.4, -0.2) is 27.7 Å². The Morgan fingerprint density at radius 3 is 3.05 bits per heavy atom. The fraction of sp³-hybridized carbons (Fsp3) is 0.643. The smallest absolute Gasteiger partial charge is 0.251 e. The molecule has 0 bridgehead atoms. The van der Waals surface area contributed by atoms with E-state index >= 15 is 0 Å². The summed E-state index contributed by atoms with van der Waals surface area (Å²) in [7, 11) is 0. The molecule has 1 aromatic rings. The Morgan fingerprint density at radius 1 is 1.50 bits per heavy atom. The minimum atomic E-state index is -0.197. The van der Waals surface area contributed by atoms with Gasteiger partial charge in [-0.1, -0.05) is 38.5 Å². The Kier molecular flexibility index (Phi) is 5.23. The maximum atomic E-state index is 12.0. The first-order chi connectivity index (χ1) is 9.56. The summed E-state index contributed by atoms with van der Waals surface area (Å²) in [6.07, 6.45) is 4.93. The van der Waals surface area contributed by atoms with Crippen LogP contribution in [0.4, 0.5) is 0 Å². The van der Waals surface area contributed by atoms with Crippen LogP contribution in [0.5, 0.6) is 0 Å². The molecule has 1 heterocycles. The molecule has 3 atom stereocenters. The van der Waals surface area contributed by atoms with Gasteiger partial charge in [-0.15, -0.1) is 0 Å². The van der Waals surface area contributed by atoms with Gasteiger partial charge in [0.05, 0.1) is 5.75 Å². The van der Waals surface area contributed by atoms with Crippen molar-refractivity contribution in [1.82, 2.24) is 15.3 Å². The minimum absolute atomic E-state index is 0.00690. The lowest BCUT2D eigenvalue weighted by molar-refractivity contribution is -0.120. The number of rotatable bonds is 4. The second-order valence-corrected chi connectivity index (χ2v) is 6.43. The molecule has 0 unspecified atom stereocenters. The molecule has 0 radical (unpaired) electrons. The average Bonchev–Trinajstić information content (AvgIpc) is 2.42. The number of H-pyrrole nitrogens is 1. The molecular formula is C14H21N3O2S. The predicted molar refractivity (Wildman–Crippen MR) is 79.7 cm³/mol. The first kappa shape index (κ1) is 15.1. The lowest BCUT2D eigenvalue weighted by Gasteiger charge is -2.34. The monoisotopic (exact) mass is 295 g/mol. The molecule has 0 saturated heterocycles. The number of nitrogens with zero attached hydrogens (tertiary/aromatic N) is 1. The summed E-state index contributed by atoms with van der Waals surface area (Å²) < 4.78 is 0. The molecule has 0 aliphatic heterocycles. The molecule has 6 heteroatoms. The van der Waals surface area contributed by atoms with Crippen molar-refractivity contribution >= 4 is 17.7 Å². The van der Waals surface area contributed by atoms with Crippen LogP contribution < -0.4 is 10.9 Å². The average molecular weight is 295 g/mol. The molecule has 1 fully saturated rings. The number of amides is 1. The van der Waals surface area contributed by atoms with Crippen LogP contribution in [0.25, 0.3) is 0 Å². The highest BCUT2D eigenvalue weighted by molar-refractivity contribution is 7.99. The zero-order valence-electron chi connectivity index (χ0n) is 11.9. The van der Waals surface area contributed by atoms with Gasteiger partial charge in [0, 0.05) is 18.3 Å². The topological polar surface area (TPSA) is 74.8 Å². The third-order valence-electron chi connectivity index (χ3n) is 4.04. The number of aromatic amines is 1. The van der Waals surface area contributed by atoms with Crippen LogP contribution in [0, 0.1) is 11.8 Å². The number of carbonyl (C=O) groups excluding carboxylic acids is 1. The molecule has 0 aromatic carbocycles. The van der Waals surface area contributed by atoms with Crippen molar-refractivity contribution in [2.45, 2.75) is 44.3 Å². The minimum Gasteiger partial charge on any atom is -0.352 e. The molecule has 1 amide bonds. The molecule has 5 nitrogen and oxygen atoms in total. The van der Waals surface area contributed by atoms with Crippen molar-refractivity contribution in [2.24, 2.45) is 11.8 Å². The van der Waals surface area contributed by atoms with Gasteiger partial charge in [0.2, 0.25) is 5.91 Å². The van der Waals surface area contributed by atoms with E-state index in [0.717, 1.165) is 6.42 Å². The van der Waals surface area contributed by atoms with E-state index in [1.807, 2.05) is 0 Å².